The summed E-state index contributed by atoms with van der Waals surface area (Å²) in [7, 11) is 1.20. The minimum atomic E-state index is -0.814. The molecule has 0 aromatic heterocycles. The van der Waals surface area contributed by atoms with Crippen molar-refractivity contribution in [3.05, 3.63) is 35.4 Å². The minimum Gasteiger partial charge on any atom is -0.467 e. The van der Waals surface area contributed by atoms with Gasteiger partial charge in [0.15, 0.2) is 0 Å². The van der Waals surface area contributed by atoms with Gasteiger partial charge in [-0.15, -0.1) is 0 Å². The molecule has 0 aliphatic rings. The standard InChI is InChI=1S/C12H13F2NO3/c1-7(12(17)18-2)15-11(16)5-8-3-4-9(13)6-10(8)14/h3-4,6-7H,5H2,1-2H3,(H,15,16)/t7-/m0/s1. The first-order chi connectivity index (χ1) is 8.43. The molecule has 0 bridgehead atoms. The van der Waals surface area contributed by atoms with Gasteiger partial charge in [0.25, 0.3) is 0 Å². The number of carbonyl (C=O) groups excluding carboxylic acids is 2. The van der Waals surface area contributed by atoms with Gasteiger partial charge >= 0.3 is 5.97 Å². The number of halogens is 2. The van der Waals surface area contributed by atoms with E-state index in [0.717, 1.165) is 6.07 Å². The van der Waals surface area contributed by atoms with E-state index in [2.05, 4.69) is 10.1 Å². The summed E-state index contributed by atoms with van der Waals surface area (Å²) in [5.41, 5.74) is 0.0611. The van der Waals surface area contributed by atoms with Crippen LogP contribution in [0.1, 0.15) is 12.5 Å². The number of carbonyl (C=O) groups is 2. The zero-order valence-corrected chi connectivity index (χ0v) is 10.00. The lowest BCUT2D eigenvalue weighted by Gasteiger charge is -2.11. The average molecular weight is 257 g/mol. The number of benzene rings is 1. The van der Waals surface area contributed by atoms with Crippen molar-refractivity contribution in [2.45, 2.75) is 19.4 Å². The molecule has 18 heavy (non-hydrogen) atoms. The van der Waals surface area contributed by atoms with E-state index in [0.29, 0.717) is 6.07 Å². The third-order valence-electron chi connectivity index (χ3n) is 2.30. The Bertz CT molecular complexity index is 463. The third kappa shape index (κ3) is 3.80. The highest BCUT2D eigenvalue weighted by Gasteiger charge is 2.17. The number of hydrogen-bond donors (Lipinski definition) is 1. The maximum Gasteiger partial charge on any atom is 0.328 e. The van der Waals surface area contributed by atoms with E-state index in [1.807, 2.05) is 0 Å². The van der Waals surface area contributed by atoms with Crippen LogP contribution >= 0.6 is 0 Å². The largest absolute Gasteiger partial charge is 0.467 e. The van der Waals surface area contributed by atoms with Crippen molar-refractivity contribution in [3.8, 4) is 0 Å². The summed E-state index contributed by atoms with van der Waals surface area (Å²) < 4.78 is 30.3. The zero-order chi connectivity index (χ0) is 13.7. The lowest BCUT2D eigenvalue weighted by molar-refractivity contribution is -0.144. The van der Waals surface area contributed by atoms with Gasteiger partial charge in [-0.1, -0.05) is 6.07 Å². The van der Waals surface area contributed by atoms with Crippen molar-refractivity contribution in [1.82, 2.24) is 5.32 Å². The molecule has 1 amide bonds. The summed E-state index contributed by atoms with van der Waals surface area (Å²) in [5, 5.41) is 2.35. The fourth-order valence-electron chi connectivity index (χ4n) is 1.37. The first kappa shape index (κ1) is 14.1. The van der Waals surface area contributed by atoms with Crippen LogP contribution in [0.3, 0.4) is 0 Å². The minimum absolute atomic E-state index is 0.0611. The monoisotopic (exact) mass is 257 g/mol. The second-order valence-electron chi connectivity index (χ2n) is 3.72. The van der Waals surface area contributed by atoms with E-state index in [4.69, 9.17) is 0 Å². The molecule has 1 aromatic carbocycles. The van der Waals surface area contributed by atoms with Crippen LogP contribution in [0.2, 0.25) is 0 Å². The van der Waals surface area contributed by atoms with Crippen LogP contribution in [0.5, 0.6) is 0 Å². The Balaban J connectivity index is 2.62. The topological polar surface area (TPSA) is 55.4 Å². The van der Waals surface area contributed by atoms with E-state index in [1.54, 1.807) is 0 Å². The van der Waals surface area contributed by atoms with Gasteiger partial charge in [-0.3, -0.25) is 4.79 Å². The Hall–Kier alpha value is -1.98. The number of rotatable bonds is 4. The first-order valence-electron chi connectivity index (χ1n) is 5.25. The molecule has 0 radical (unpaired) electrons. The van der Waals surface area contributed by atoms with Gasteiger partial charge in [-0.25, -0.2) is 13.6 Å². The number of ether oxygens (including phenoxy) is 1. The Morgan fingerprint density at radius 3 is 2.61 bits per heavy atom. The summed E-state index contributed by atoms with van der Waals surface area (Å²) in [6.45, 7) is 1.45. The van der Waals surface area contributed by atoms with Crippen molar-refractivity contribution in [2.75, 3.05) is 7.11 Å². The first-order valence-corrected chi connectivity index (χ1v) is 5.25. The highest BCUT2D eigenvalue weighted by molar-refractivity contribution is 5.85. The van der Waals surface area contributed by atoms with Crippen molar-refractivity contribution in [1.29, 1.82) is 0 Å². The van der Waals surface area contributed by atoms with E-state index in [9.17, 15) is 18.4 Å². The second kappa shape index (κ2) is 6.09. The lowest BCUT2D eigenvalue weighted by atomic mass is 10.1. The quantitative estimate of drug-likeness (QED) is 0.824. The van der Waals surface area contributed by atoms with E-state index >= 15 is 0 Å². The van der Waals surface area contributed by atoms with Crippen LogP contribution in [-0.2, 0) is 20.7 Å². The Morgan fingerprint density at radius 1 is 1.39 bits per heavy atom. The van der Waals surface area contributed by atoms with Crippen LogP contribution in [-0.4, -0.2) is 25.0 Å². The van der Waals surface area contributed by atoms with Gasteiger partial charge in [-0.2, -0.15) is 0 Å². The molecule has 0 saturated carbocycles. The predicted octanol–water partition coefficient (Wildman–Crippen LogP) is 1.18. The molecule has 1 aromatic rings. The summed E-state index contributed by atoms with van der Waals surface area (Å²) in [6.07, 6.45) is -0.270. The molecule has 1 N–H and O–H groups in total. The molecule has 0 spiro atoms. The SMILES string of the molecule is COC(=O)[C@H](C)NC(=O)Cc1ccc(F)cc1F. The van der Waals surface area contributed by atoms with E-state index in [-0.39, 0.29) is 12.0 Å². The number of amides is 1. The van der Waals surface area contributed by atoms with Gasteiger partial charge in [0.05, 0.1) is 13.5 Å². The zero-order valence-electron chi connectivity index (χ0n) is 10.00. The van der Waals surface area contributed by atoms with Crippen LogP contribution < -0.4 is 5.32 Å². The molecule has 0 aliphatic heterocycles. The van der Waals surface area contributed by atoms with Gasteiger partial charge in [-0.05, 0) is 18.6 Å². The number of nitrogens with one attached hydrogen (secondary N) is 1. The molecule has 1 rings (SSSR count). The third-order valence-corrected chi connectivity index (χ3v) is 2.30. The van der Waals surface area contributed by atoms with E-state index < -0.39 is 29.6 Å². The second-order valence-corrected chi connectivity index (χ2v) is 3.72. The molecular formula is C12H13F2NO3. The number of esters is 1. The molecule has 0 fully saturated rings. The smallest absolute Gasteiger partial charge is 0.328 e. The fourth-order valence-corrected chi connectivity index (χ4v) is 1.37. The highest BCUT2D eigenvalue weighted by atomic mass is 19.1. The molecule has 0 aliphatic carbocycles. The highest BCUT2D eigenvalue weighted by Crippen LogP contribution is 2.10. The predicted molar refractivity (Wildman–Crippen MR) is 59.7 cm³/mol. The lowest BCUT2D eigenvalue weighted by Crippen LogP contribution is -2.40. The Morgan fingerprint density at radius 2 is 2.06 bits per heavy atom. The average Bonchev–Trinajstić information content (AvgIpc) is 2.31. The molecule has 1 atom stereocenters. The number of hydrogen-bond acceptors (Lipinski definition) is 3. The maximum atomic E-state index is 13.3. The summed E-state index contributed by atoms with van der Waals surface area (Å²) in [6, 6.07) is 2.14. The molecule has 98 valence electrons. The van der Waals surface area contributed by atoms with Gasteiger partial charge < -0.3 is 10.1 Å². The molecule has 4 nitrogen and oxygen atoms in total. The van der Waals surface area contributed by atoms with Gasteiger partial charge in [0, 0.05) is 6.07 Å². The van der Waals surface area contributed by atoms with Crippen molar-refractivity contribution in [2.24, 2.45) is 0 Å². The molecule has 0 unspecified atom stereocenters. The molecule has 6 heteroatoms. The molecule has 0 heterocycles. The van der Waals surface area contributed by atoms with Crippen LogP contribution in [0.15, 0.2) is 18.2 Å². The van der Waals surface area contributed by atoms with Crippen molar-refractivity contribution in [3.63, 3.8) is 0 Å². The summed E-state index contributed by atoms with van der Waals surface area (Å²) in [4.78, 5) is 22.6. The summed E-state index contributed by atoms with van der Waals surface area (Å²) in [5.74, 6) is -2.64. The van der Waals surface area contributed by atoms with Crippen LogP contribution in [0.25, 0.3) is 0 Å². The van der Waals surface area contributed by atoms with E-state index in [1.165, 1.54) is 20.1 Å². The molecular weight excluding hydrogens is 244 g/mol. The van der Waals surface area contributed by atoms with Crippen molar-refractivity contribution < 1.29 is 23.1 Å². The summed E-state index contributed by atoms with van der Waals surface area (Å²) >= 11 is 0. The molecule has 0 saturated heterocycles. The Kier molecular flexibility index (Phi) is 4.76. The Labute approximate surface area is 103 Å². The van der Waals surface area contributed by atoms with Gasteiger partial charge in [0.2, 0.25) is 5.91 Å². The number of methoxy groups -OCH3 is 1. The van der Waals surface area contributed by atoms with Crippen LogP contribution in [0.4, 0.5) is 8.78 Å². The van der Waals surface area contributed by atoms with Crippen LogP contribution in [0, 0.1) is 11.6 Å². The maximum absolute atomic E-state index is 13.3. The van der Waals surface area contributed by atoms with Gasteiger partial charge in [0.1, 0.15) is 17.7 Å². The fraction of sp³-hybridized carbons (Fsp3) is 0.333. The normalized spacial score (nSPS) is 11.8. The van der Waals surface area contributed by atoms with Crippen molar-refractivity contribution >= 4 is 11.9 Å².